The zero-order chi connectivity index (χ0) is 13.3. The highest BCUT2D eigenvalue weighted by Crippen LogP contribution is 2.40. The fraction of sp³-hybridized carbons (Fsp3) is 1.00. The van der Waals surface area contributed by atoms with Gasteiger partial charge in [-0.15, -0.1) is 0 Å². The van der Waals surface area contributed by atoms with Gasteiger partial charge < -0.3 is 4.52 Å². The van der Waals surface area contributed by atoms with Crippen LogP contribution in [0.25, 0.3) is 0 Å². The van der Waals surface area contributed by atoms with Crippen LogP contribution in [0.4, 0.5) is 0 Å². The van der Waals surface area contributed by atoms with E-state index in [9.17, 15) is 4.57 Å². The highest BCUT2D eigenvalue weighted by Gasteiger charge is 2.22. The second kappa shape index (κ2) is 9.19. The van der Waals surface area contributed by atoms with Crippen LogP contribution in [0.15, 0.2) is 0 Å². The van der Waals surface area contributed by atoms with Gasteiger partial charge in [-0.2, -0.15) is 0 Å². The Labute approximate surface area is 119 Å². The molecule has 2 aliphatic rings. The first-order valence-corrected chi connectivity index (χ1v) is 9.96. The SMILES string of the molecule is O=[PH](OC1CCCCCCC1)C1CCCCCCC1. The molecule has 2 saturated carbocycles. The molecule has 2 fully saturated rings. The average molecular weight is 286 g/mol. The minimum atomic E-state index is -1.81. The minimum absolute atomic E-state index is 0.303. The smallest absolute Gasteiger partial charge is 0.194 e. The fourth-order valence-electron chi connectivity index (χ4n) is 3.49. The first-order chi connectivity index (χ1) is 9.36. The zero-order valence-electron chi connectivity index (χ0n) is 12.4. The van der Waals surface area contributed by atoms with E-state index in [1.807, 2.05) is 0 Å². The fourth-order valence-corrected chi connectivity index (χ4v) is 5.13. The molecule has 0 amide bonds. The maximum absolute atomic E-state index is 12.5. The van der Waals surface area contributed by atoms with Crippen molar-refractivity contribution in [3.8, 4) is 0 Å². The monoisotopic (exact) mass is 286 g/mol. The summed E-state index contributed by atoms with van der Waals surface area (Å²) in [7, 11) is -1.81. The standard InChI is InChI=1S/C16H31O2P/c17-19(16-13-9-5-2-6-10-14-16)18-15-11-7-3-1-4-8-12-15/h15-16,19H,1-14H2. The molecule has 2 rings (SSSR count). The molecule has 19 heavy (non-hydrogen) atoms. The van der Waals surface area contributed by atoms with Crippen LogP contribution in [0.5, 0.6) is 0 Å². The Morgan fingerprint density at radius 1 is 0.632 bits per heavy atom. The van der Waals surface area contributed by atoms with Crippen molar-refractivity contribution in [1.29, 1.82) is 0 Å². The Bertz CT molecular complexity index is 251. The van der Waals surface area contributed by atoms with E-state index >= 15 is 0 Å². The number of rotatable bonds is 3. The van der Waals surface area contributed by atoms with Crippen LogP contribution in [0.2, 0.25) is 0 Å². The summed E-state index contributed by atoms with van der Waals surface area (Å²) in [5.41, 5.74) is 0.385. The van der Waals surface area contributed by atoms with Crippen molar-refractivity contribution >= 4 is 8.03 Å². The van der Waals surface area contributed by atoms with Gasteiger partial charge in [-0.3, -0.25) is 4.57 Å². The van der Waals surface area contributed by atoms with Crippen LogP contribution >= 0.6 is 8.03 Å². The quantitative estimate of drug-likeness (QED) is 0.622. The second-order valence-corrected chi connectivity index (χ2v) is 8.14. The van der Waals surface area contributed by atoms with Crippen LogP contribution < -0.4 is 0 Å². The normalized spacial score (nSPS) is 26.9. The Morgan fingerprint density at radius 2 is 1.05 bits per heavy atom. The van der Waals surface area contributed by atoms with E-state index in [0.29, 0.717) is 11.8 Å². The molecule has 1 unspecified atom stereocenters. The lowest BCUT2D eigenvalue weighted by molar-refractivity contribution is 0.174. The van der Waals surface area contributed by atoms with Crippen LogP contribution in [0.1, 0.15) is 89.9 Å². The van der Waals surface area contributed by atoms with Crippen molar-refractivity contribution in [2.45, 2.75) is 102 Å². The summed E-state index contributed by atoms with van der Waals surface area (Å²) in [5.74, 6) is 0. The Balaban J connectivity index is 1.77. The molecule has 0 aromatic heterocycles. The molecule has 0 N–H and O–H groups in total. The summed E-state index contributed by atoms with van der Waals surface area (Å²) in [4.78, 5) is 0. The third kappa shape index (κ3) is 6.00. The van der Waals surface area contributed by atoms with Crippen LogP contribution in [0.3, 0.4) is 0 Å². The molecular weight excluding hydrogens is 255 g/mol. The van der Waals surface area contributed by atoms with E-state index in [1.165, 1.54) is 64.2 Å². The molecule has 0 heterocycles. The summed E-state index contributed by atoms with van der Waals surface area (Å²) in [6.07, 6.45) is 18.0. The van der Waals surface area contributed by atoms with Gasteiger partial charge in [-0.05, 0) is 25.7 Å². The molecule has 0 bridgehead atoms. The molecule has 0 aromatic carbocycles. The molecule has 3 heteroatoms. The van der Waals surface area contributed by atoms with Gasteiger partial charge in [0, 0.05) is 5.66 Å². The molecule has 2 nitrogen and oxygen atoms in total. The van der Waals surface area contributed by atoms with E-state index in [2.05, 4.69) is 0 Å². The molecule has 1 atom stereocenters. The lowest BCUT2D eigenvalue weighted by Gasteiger charge is -2.24. The molecule has 0 aromatic rings. The maximum atomic E-state index is 12.5. The second-order valence-electron chi connectivity index (χ2n) is 6.45. The highest BCUT2D eigenvalue weighted by molar-refractivity contribution is 7.40. The topological polar surface area (TPSA) is 26.3 Å². The molecule has 0 radical (unpaired) electrons. The zero-order valence-corrected chi connectivity index (χ0v) is 13.4. The molecule has 0 aliphatic heterocycles. The van der Waals surface area contributed by atoms with Crippen LogP contribution in [-0.2, 0) is 9.09 Å². The van der Waals surface area contributed by atoms with E-state index < -0.39 is 8.03 Å². The third-order valence-corrected chi connectivity index (χ3v) is 6.58. The van der Waals surface area contributed by atoms with E-state index in [4.69, 9.17) is 4.52 Å². The largest absolute Gasteiger partial charge is 0.327 e. The summed E-state index contributed by atoms with van der Waals surface area (Å²) in [6.45, 7) is 0. The Morgan fingerprint density at radius 3 is 1.58 bits per heavy atom. The maximum Gasteiger partial charge on any atom is 0.194 e. The first-order valence-electron chi connectivity index (χ1n) is 8.57. The van der Waals surface area contributed by atoms with E-state index in [-0.39, 0.29) is 0 Å². The van der Waals surface area contributed by atoms with E-state index in [1.54, 1.807) is 0 Å². The summed E-state index contributed by atoms with van der Waals surface area (Å²) in [5, 5.41) is 0. The Hall–Kier alpha value is 0.190. The molecule has 112 valence electrons. The van der Waals surface area contributed by atoms with Crippen molar-refractivity contribution < 1.29 is 9.09 Å². The van der Waals surface area contributed by atoms with Gasteiger partial charge in [-0.25, -0.2) is 0 Å². The minimum Gasteiger partial charge on any atom is -0.327 e. The first kappa shape index (κ1) is 15.6. The summed E-state index contributed by atoms with van der Waals surface area (Å²) in [6, 6.07) is 0. The Kier molecular flexibility index (Phi) is 7.53. The van der Waals surface area contributed by atoms with E-state index in [0.717, 1.165) is 25.7 Å². The predicted molar refractivity (Wildman–Crippen MR) is 82.3 cm³/mol. The molecule has 0 saturated heterocycles. The van der Waals surface area contributed by atoms with Gasteiger partial charge in [-0.1, -0.05) is 64.2 Å². The molecule has 2 aliphatic carbocycles. The molecule has 0 spiro atoms. The van der Waals surface area contributed by atoms with Crippen LogP contribution in [0, 0.1) is 0 Å². The van der Waals surface area contributed by atoms with Crippen molar-refractivity contribution in [3.05, 3.63) is 0 Å². The summed E-state index contributed by atoms with van der Waals surface area (Å²) < 4.78 is 18.5. The lowest BCUT2D eigenvalue weighted by Crippen LogP contribution is -2.14. The van der Waals surface area contributed by atoms with Gasteiger partial charge in [0.1, 0.15) is 0 Å². The average Bonchev–Trinajstić information content (AvgIpc) is 2.31. The highest BCUT2D eigenvalue weighted by atomic mass is 31.1. The van der Waals surface area contributed by atoms with Gasteiger partial charge >= 0.3 is 0 Å². The van der Waals surface area contributed by atoms with Crippen molar-refractivity contribution in [3.63, 3.8) is 0 Å². The number of hydrogen-bond acceptors (Lipinski definition) is 2. The van der Waals surface area contributed by atoms with Crippen molar-refractivity contribution in [2.75, 3.05) is 0 Å². The van der Waals surface area contributed by atoms with Crippen LogP contribution in [-0.4, -0.2) is 11.8 Å². The van der Waals surface area contributed by atoms with Crippen molar-refractivity contribution in [2.24, 2.45) is 0 Å². The van der Waals surface area contributed by atoms with Crippen molar-refractivity contribution in [1.82, 2.24) is 0 Å². The van der Waals surface area contributed by atoms with Gasteiger partial charge in [0.05, 0.1) is 6.10 Å². The third-order valence-electron chi connectivity index (χ3n) is 4.77. The van der Waals surface area contributed by atoms with Gasteiger partial charge in [0.15, 0.2) is 8.03 Å². The summed E-state index contributed by atoms with van der Waals surface area (Å²) >= 11 is 0. The lowest BCUT2D eigenvalue weighted by atomic mass is 9.99. The predicted octanol–water partition coefficient (Wildman–Crippen LogP) is 5.70. The van der Waals surface area contributed by atoms with Gasteiger partial charge in [0.2, 0.25) is 0 Å². The number of hydrogen-bond donors (Lipinski definition) is 0. The molecular formula is C16H31O2P. The van der Waals surface area contributed by atoms with Gasteiger partial charge in [0.25, 0.3) is 0 Å².